The van der Waals surface area contributed by atoms with Crippen molar-refractivity contribution >= 4 is 23.6 Å². The molecule has 1 heterocycles. The van der Waals surface area contributed by atoms with Gasteiger partial charge in [-0.1, -0.05) is 56.3 Å². The molecule has 0 atom stereocenters. The third-order valence-corrected chi connectivity index (χ3v) is 5.76. The van der Waals surface area contributed by atoms with Crippen LogP contribution in [0, 0.1) is 0 Å². The molecule has 0 N–H and O–H groups in total. The Hall–Kier alpha value is -4.12. The molecule has 0 unspecified atom stereocenters. The van der Waals surface area contributed by atoms with Gasteiger partial charge in [0.25, 0.3) is 5.91 Å². The van der Waals surface area contributed by atoms with Gasteiger partial charge >= 0.3 is 5.97 Å². The van der Waals surface area contributed by atoms with Gasteiger partial charge in [0.05, 0.1) is 18.3 Å². The van der Waals surface area contributed by atoms with Crippen LogP contribution in [0.5, 0.6) is 11.5 Å². The van der Waals surface area contributed by atoms with Crippen LogP contribution in [-0.2, 0) is 14.3 Å². The number of nitrogens with zero attached hydrogens (tertiary/aromatic N) is 1. The van der Waals surface area contributed by atoms with E-state index in [4.69, 9.17) is 9.47 Å². The van der Waals surface area contributed by atoms with Gasteiger partial charge in [-0.2, -0.15) is 0 Å². The second-order valence-electron chi connectivity index (χ2n) is 8.38. The van der Waals surface area contributed by atoms with Crippen molar-refractivity contribution in [2.75, 3.05) is 12.0 Å². The first-order chi connectivity index (χ1) is 16.4. The summed E-state index contributed by atoms with van der Waals surface area (Å²) in [5.74, 6) is 0.907. The molecule has 1 aliphatic rings. The second-order valence-corrected chi connectivity index (χ2v) is 8.38. The van der Waals surface area contributed by atoms with E-state index in [9.17, 15) is 9.59 Å². The minimum absolute atomic E-state index is 0.259. The van der Waals surface area contributed by atoms with Crippen LogP contribution >= 0.6 is 0 Å². The Bertz CT molecular complexity index is 1270. The highest BCUT2D eigenvalue weighted by Gasteiger charge is 2.37. The molecule has 0 bridgehead atoms. The van der Waals surface area contributed by atoms with E-state index < -0.39 is 5.97 Å². The van der Waals surface area contributed by atoms with E-state index in [1.54, 1.807) is 17.9 Å². The van der Waals surface area contributed by atoms with Crippen molar-refractivity contribution < 1.29 is 19.1 Å². The van der Waals surface area contributed by atoms with Gasteiger partial charge in [0, 0.05) is 11.4 Å². The minimum atomic E-state index is -0.546. The lowest BCUT2D eigenvalue weighted by atomic mass is 10.0. The van der Waals surface area contributed by atoms with Gasteiger partial charge in [-0.15, -0.1) is 0 Å². The molecule has 0 saturated carbocycles. The van der Waals surface area contributed by atoms with Crippen molar-refractivity contribution in [2.24, 2.45) is 0 Å². The first-order valence-electron chi connectivity index (χ1n) is 11.2. The first-order valence-corrected chi connectivity index (χ1v) is 11.2. The molecule has 1 amide bonds. The third-order valence-electron chi connectivity index (χ3n) is 5.76. The lowest BCUT2D eigenvalue weighted by Gasteiger charge is -2.19. The number of allylic oxidation sites excluding steroid dienone is 1. The SMILES string of the molecule is COC(=O)C1=C(C)N(c2ccc(C(C)C)cc2)C(=O)/C1=C\c1cccc(Oc2ccccc2)c1. The number of carbonyl (C=O) groups excluding carboxylic acids is 2. The predicted molar refractivity (Wildman–Crippen MR) is 134 cm³/mol. The lowest BCUT2D eigenvalue weighted by molar-refractivity contribution is -0.136. The van der Waals surface area contributed by atoms with E-state index in [0.29, 0.717) is 28.8 Å². The molecule has 0 fully saturated rings. The van der Waals surface area contributed by atoms with Gasteiger partial charge in [-0.25, -0.2) is 4.79 Å². The van der Waals surface area contributed by atoms with Gasteiger partial charge in [-0.3, -0.25) is 9.69 Å². The van der Waals surface area contributed by atoms with Crippen LogP contribution in [0.1, 0.15) is 37.8 Å². The fourth-order valence-corrected chi connectivity index (χ4v) is 3.96. The Morgan fingerprint density at radius 2 is 1.59 bits per heavy atom. The quantitative estimate of drug-likeness (QED) is 0.317. The highest BCUT2D eigenvalue weighted by molar-refractivity contribution is 6.23. The zero-order valence-electron chi connectivity index (χ0n) is 19.7. The predicted octanol–water partition coefficient (Wildman–Crippen LogP) is 6.48. The van der Waals surface area contributed by atoms with E-state index in [0.717, 1.165) is 5.56 Å². The average Bonchev–Trinajstić information content (AvgIpc) is 3.08. The third kappa shape index (κ3) is 4.64. The van der Waals surface area contributed by atoms with Crippen LogP contribution in [0.4, 0.5) is 5.69 Å². The van der Waals surface area contributed by atoms with Gasteiger partial charge in [0.1, 0.15) is 11.5 Å². The number of hydrogen-bond donors (Lipinski definition) is 0. The monoisotopic (exact) mass is 453 g/mol. The number of rotatable bonds is 6. The fourth-order valence-electron chi connectivity index (χ4n) is 3.96. The molecule has 5 nitrogen and oxygen atoms in total. The summed E-state index contributed by atoms with van der Waals surface area (Å²) < 4.78 is 10.9. The molecule has 3 aromatic rings. The fraction of sp³-hybridized carbons (Fsp3) is 0.172. The zero-order chi connectivity index (χ0) is 24.2. The van der Waals surface area contributed by atoms with Crippen molar-refractivity contribution in [2.45, 2.75) is 26.7 Å². The van der Waals surface area contributed by atoms with E-state index in [2.05, 4.69) is 13.8 Å². The van der Waals surface area contributed by atoms with Gasteiger partial charge < -0.3 is 9.47 Å². The number of anilines is 1. The molecule has 34 heavy (non-hydrogen) atoms. The number of para-hydroxylation sites is 1. The summed E-state index contributed by atoms with van der Waals surface area (Å²) in [6, 6.07) is 24.7. The highest BCUT2D eigenvalue weighted by Crippen LogP contribution is 2.36. The summed E-state index contributed by atoms with van der Waals surface area (Å²) in [5, 5.41) is 0. The molecule has 0 spiro atoms. The number of hydrogen-bond acceptors (Lipinski definition) is 4. The summed E-state index contributed by atoms with van der Waals surface area (Å²) in [7, 11) is 1.32. The van der Waals surface area contributed by atoms with Crippen molar-refractivity contribution in [3.05, 3.63) is 107 Å². The minimum Gasteiger partial charge on any atom is -0.465 e. The van der Waals surface area contributed by atoms with Gasteiger partial charge in [0.2, 0.25) is 0 Å². The summed E-state index contributed by atoms with van der Waals surface area (Å²) in [5.41, 5.74) is 3.71. The largest absolute Gasteiger partial charge is 0.465 e. The van der Waals surface area contributed by atoms with Crippen molar-refractivity contribution in [1.29, 1.82) is 0 Å². The summed E-state index contributed by atoms with van der Waals surface area (Å²) in [6.45, 7) is 6.00. The number of carbonyl (C=O) groups is 2. The lowest BCUT2D eigenvalue weighted by Crippen LogP contribution is -2.24. The standard InChI is InChI=1S/C29H27NO4/c1-19(2)22-13-15-23(16-14-22)30-20(3)27(29(32)33-4)26(28(30)31)18-21-9-8-12-25(17-21)34-24-10-6-5-7-11-24/h5-19H,1-4H3/b26-18-. The summed E-state index contributed by atoms with van der Waals surface area (Å²) >= 11 is 0. The number of ether oxygens (including phenoxy) is 2. The van der Waals surface area contributed by atoms with Crippen molar-refractivity contribution in [3.63, 3.8) is 0 Å². The number of amides is 1. The first kappa shape index (κ1) is 23.1. The van der Waals surface area contributed by atoms with Crippen LogP contribution in [0.3, 0.4) is 0 Å². The Morgan fingerprint density at radius 3 is 2.24 bits per heavy atom. The van der Waals surface area contributed by atoms with Crippen LogP contribution in [-0.4, -0.2) is 19.0 Å². The summed E-state index contributed by atoms with van der Waals surface area (Å²) in [4.78, 5) is 27.8. The molecular formula is C29H27NO4. The van der Waals surface area contributed by atoms with Gasteiger partial charge in [0.15, 0.2) is 0 Å². The summed E-state index contributed by atoms with van der Waals surface area (Å²) in [6.07, 6.45) is 1.71. The van der Waals surface area contributed by atoms with Crippen LogP contribution in [0.25, 0.3) is 6.08 Å². The van der Waals surface area contributed by atoms with Crippen LogP contribution < -0.4 is 9.64 Å². The molecule has 3 aromatic carbocycles. The average molecular weight is 454 g/mol. The van der Waals surface area contributed by atoms with E-state index in [-0.39, 0.29) is 17.1 Å². The molecule has 172 valence electrons. The molecule has 0 aliphatic carbocycles. The molecule has 0 saturated heterocycles. The van der Waals surface area contributed by atoms with Crippen molar-refractivity contribution in [3.8, 4) is 11.5 Å². The molecular weight excluding hydrogens is 426 g/mol. The maximum absolute atomic E-state index is 13.5. The Morgan fingerprint density at radius 1 is 0.912 bits per heavy atom. The molecule has 5 heteroatoms. The smallest absolute Gasteiger partial charge is 0.340 e. The maximum Gasteiger partial charge on any atom is 0.340 e. The molecule has 0 aromatic heterocycles. The molecule has 0 radical (unpaired) electrons. The Labute approximate surface area is 199 Å². The van der Waals surface area contributed by atoms with Gasteiger partial charge in [-0.05, 0) is 66.4 Å². The van der Waals surface area contributed by atoms with E-state index >= 15 is 0 Å². The second kappa shape index (κ2) is 9.79. The molecule has 4 rings (SSSR count). The Kier molecular flexibility index (Phi) is 6.64. The number of benzene rings is 3. The van der Waals surface area contributed by atoms with Crippen LogP contribution in [0.15, 0.2) is 95.7 Å². The molecule has 1 aliphatic heterocycles. The maximum atomic E-state index is 13.5. The number of methoxy groups -OCH3 is 1. The normalized spacial score (nSPS) is 14.8. The zero-order valence-corrected chi connectivity index (χ0v) is 19.7. The van der Waals surface area contributed by atoms with E-state index in [1.165, 1.54) is 12.7 Å². The highest BCUT2D eigenvalue weighted by atomic mass is 16.5. The number of esters is 1. The Balaban J connectivity index is 1.71. The topological polar surface area (TPSA) is 55.8 Å². The van der Waals surface area contributed by atoms with Crippen molar-refractivity contribution in [1.82, 2.24) is 0 Å². The van der Waals surface area contributed by atoms with Crippen LogP contribution in [0.2, 0.25) is 0 Å². The van der Waals surface area contributed by atoms with E-state index in [1.807, 2.05) is 78.9 Å².